The van der Waals surface area contributed by atoms with Crippen LogP contribution >= 0.6 is 0 Å². The molecule has 0 atom stereocenters. The van der Waals surface area contributed by atoms with Gasteiger partial charge in [-0.1, -0.05) is 35.5 Å². The van der Waals surface area contributed by atoms with Crippen molar-refractivity contribution in [3.8, 4) is 12.3 Å². The van der Waals surface area contributed by atoms with E-state index < -0.39 is 0 Å². The highest BCUT2D eigenvalue weighted by Crippen LogP contribution is 2.06. The molecule has 4 nitrogen and oxygen atoms in total. The molecule has 104 valence electrons. The van der Waals surface area contributed by atoms with E-state index in [-0.39, 0.29) is 0 Å². The number of terminal acetylenes is 1. The van der Waals surface area contributed by atoms with Crippen molar-refractivity contribution in [3.05, 3.63) is 47.6 Å². The van der Waals surface area contributed by atoms with Gasteiger partial charge >= 0.3 is 0 Å². The van der Waals surface area contributed by atoms with Crippen LogP contribution in [0.5, 0.6) is 0 Å². The van der Waals surface area contributed by atoms with Crippen molar-refractivity contribution in [3.63, 3.8) is 0 Å². The summed E-state index contributed by atoms with van der Waals surface area (Å²) < 4.78 is 5.21. The maximum absolute atomic E-state index is 5.21. The van der Waals surface area contributed by atoms with Gasteiger partial charge in [-0.3, -0.25) is 0 Å². The molecule has 2 aromatic rings. The predicted octanol–water partition coefficient (Wildman–Crippen LogP) is 2.55. The minimum atomic E-state index is 0.609. The lowest BCUT2D eigenvalue weighted by molar-refractivity contribution is 0.363. The van der Waals surface area contributed by atoms with E-state index in [1.807, 2.05) is 18.2 Å². The van der Waals surface area contributed by atoms with Gasteiger partial charge in [-0.25, -0.2) is 0 Å². The van der Waals surface area contributed by atoms with Gasteiger partial charge in [0.1, 0.15) is 0 Å². The summed E-state index contributed by atoms with van der Waals surface area (Å²) in [5, 5.41) is 7.26. The van der Waals surface area contributed by atoms with Crippen molar-refractivity contribution in [2.75, 3.05) is 6.54 Å². The number of benzene rings is 1. The van der Waals surface area contributed by atoms with Gasteiger partial charge in [0.15, 0.2) is 5.82 Å². The molecule has 0 fully saturated rings. The number of hydrogen-bond acceptors (Lipinski definition) is 4. The quantitative estimate of drug-likeness (QED) is 0.591. The molecule has 0 saturated heterocycles. The van der Waals surface area contributed by atoms with E-state index in [9.17, 15) is 0 Å². The molecule has 1 aromatic heterocycles. The summed E-state index contributed by atoms with van der Waals surface area (Å²) >= 11 is 0. The second kappa shape index (κ2) is 8.13. The Bertz CT molecular complexity index is 542. The first-order valence-electron chi connectivity index (χ1n) is 6.88. The molecular formula is C16H19N3O. The molecule has 0 unspecified atom stereocenters. The molecule has 20 heavy (non-hydrogen) atoms. The van der Waals surface area contributed by atoms with E-state index in [1.54, 1.807) is 0 Å². The van der Waals surface area contributed by atoms with Crippen molar-refractivity contribution in [2.24, 2.45) is 0 Å². The number of hydrogen-bond donors (Lipinski definition) is 1. The van der Waals surface area contributed by atoms with Crippen LogP contribution in [0.25, 0.3) is 0 Å². The lowest BCUT2D eigenvalue weighted by atomic mass is 10.1. The second-order valence-electron chi connectivity index (χ2n) is 4.60. The zero-order valence-electron chi connectivity index (χ0n) is 11.5. The average Bonchev–Trinajstić information content (AvgIpc) is 2.91. The summed E-state index contributed by atoms with van der Waals surface area (Å²) in [4.78, 5) is 4.37. The lowest BCUT2D eigenvalue weighted by Crippen LogP contribution is -2.14. The molecule has 0 aliphatic rings. The number of aromatic nitrogens is 2. The fraction of sp³-hybridized carbons (Fsp3) is 0.375. The summed E-state index contributed by atoms with van der Waals surface area (Å²) in [7, 11) is 0. The molecule has 0 aliphatic carbocycles. The highest BCUT2D eigenvalue weighted by molar-refractivity contribution is 5.18. The van der Waals surface area contributed by atoms with Crippen LogP contribution in [0.1, 0.15) is 36.5 Å². The number of nitrogens with zero attached hydrogens (tertiary/aromatic N) is 2. The third-order valence-corrected chi connectivity index (χ3v) is 2.92. The molecule has 0 amide bonds. The lowest BCUT2D eigenvalue weighted by Gasteiger charge is -1.99. The number of rotatable bonds is 8. The van der Waals surface area contributed by atoms with Gasteiger partial charge in [0.25, 0.3) is 0 Å². The van der Waals surface area contributed by atoms with Crippen LogP contribution in [0.2, 0.25) is 0 Å². The van der Waals surface area contributed by atoms with E-state index >= 15 is 0 Å². The monoisotopic (exact) mass is 269 g/mol. The van der Waals surface area contributed by atoms with Gasteiger partial charge in [0, 0.05) is 12.8 Å². The standard InChI is InChI=1S/C16H19N3O/c1-2-3-4-8-11-17-13-16-18-15(19-20-16)12-14-9-6-5-7-10-14/h1,5-7,9-10,17H,3-4,8,11-13H2. The third kappa shape index (κ3) is 4.87. The Balaban J connectivity index is 1.71. The fourth-order valence-corrected chi connectivity index (χ4v) is 1.88. The van der Waals surface area contributed by atoms with E-state index in [0.29, 0.717) is 18.9 Å². The zero-order valence-corrected chi connectivity index (χ0v) is 11.5. The maximum Gasteiger partial charge on any atom is 0.240 e. The first-order valence-corrected chi connectivity index (χ1v) is 6.88. The highest BCUT2D eigenvalue weighted by atomic mass is 16.5. The Morgan fingerprint density at radius 2 is 2.05 bits per heavy atom. The van der Waals surface area contributed by atoms with Crippen molar-refractivity contribution in [1.82, 2.24) is 15.5 Å². The van der Waals surface area contributed by atoms with Crippen LogP contribution in [0.4, 0.5) is 0 Å². The molecule has 0 bridgehead atoms. The van der Waals surface area contributed by atoms with E-state index in [1.165, 1.54) is 5.56 Å². The second-order valence-corrected chi connectivity index (χ2v) is 4.60. The van der Waals surface area contributed by atoms with Gasteiger partial charge in [0.05, 0.1) is 6.54 Å². The summed E-state index contributed by atoms with van der Waals surface area (Å²) in [5.41, 5.74) is 1.18. The topological polar surface area (TPSA) is 51.0 Å². The van der Waals surface area contributed by atoms with Crippen LogP contribution in [0.15, 0.2) is 34.9 Å². The maximum atomic E-state index is 5.21. The first-order chi connectivity index (χ1) is 9.88. The molecule has 4 heteroatoms. The Kier molecular flexibility index (Phi) is 5.81. The van der Waals surface area contributed by atoms with E-state index in [2.05, 4.69) is 33.5 Å². The Morgan fingerprint density at radius 1 is 1.20 bits per heavy atom. The Morgan fingerprint density at radius 3 is 2.85 bits per heavy atom. The predicted molar refractivity (Wildman–Crippen MR) is 77.9 cm³/mol. The molecule has 0 radical (unpaired) electrons. The molecule has 0 saturated carbocycles. The number of unbranched alkanes of at least 4 members (excludes halogenated alkanes) is 2. The molecule has 0 aliphatic heterocycles. The molecular weight excluding hydrogens is 250 g/mol. The Labute approximate surface area is 119 Å². The van der Waals surface area contributed by atoms with Crippen LogP contribution < -0.4 is 5.32 Å². The number of nitrogens with one attached hydrogen (secondary N) is 1. The van der Waals surface area contributed by atoms with Crippen molar-refractivity contribution in [1.29, 1.82) is 0 Å². The SMILES string of the molecule is C#CCCCCNCc1nc(Cc2ccccc2)no1. The van der Waals surface area contributed by atoms with Gasteiger partial charge < -0.3 is 9.84 Å². The van der Waals surface area contributed by atoms with Crippen molar-refractivity contribution < 1.29 is 4.52 Å². The van der Waals surface area contributed by atoms with Crippen molar-refractivity contribution in [2.45, 2.75) is 32.2 Å². The smallest absolute Gasteiger partial charge is 0.240 e. The van der Waals surface area contributed by atoms with E-state index in [0.717, 1.165) is 31.6 Å². The summed E-state index contributed by atoms with van der Waals surface area (Å²) in [6.45, 7) is 1.52. The van der Waals surface area contributed by atoms with E-state index in [4.69, 9.17) is 10.9 Å². The van der Waals surface area contributed by atoms with Crippen LogP contribution in [0.3, 0.4) is 0 Å². The van der Waals surface area contributed by atoms with Gasteiger partial charge in [-0.2, -0.15) is 4.98 Å². The van der Waals surface area contributed by atoms with Crippen molar-refractivity contribution >= 4 is 0 Å². The largest absolute Gasteiger partial charge is 0.338 e. The fourth-order valence-electron chi connectivity index (χ4n) is 1.88. The average molecular weight is 269 g/mol. The highest BCUT2D eigenvalue weighted by Gasteiger charge is 2.06. The molecule has 1 N–H and O–H groups in total. The molecule has 1 heterocycles. The summed E-state index contributed by atoms with van der Waals surface area (Å²) in [6.07, 6.45) is 8.85. The van der Waals surface area contributed by atoms with Crippen LogP contribution in [-0.2, 0) is 13.0 Å². The van der Waals surface area contributed by atoms with Crippen LogP contribution in [-0.4, -0.2) is 16.7 Å². The summed E-state index contributed by atoms with van der Waals surface area (Å²) in [5.74, 6) is 3.99. The molecule has 1 aromatic carbocycles. The van der Waals surface area contributed by atoms with Gasteiger partial charge in [0.2, 0.25) is 5.89 Å². The van der Waals surface area contributed by atoms with Gasteiger partial charge in [-0.15, -0.1) is 12.3 Å². The van der Waals surface area contributed by atoms with Gasteiger partial charge in [-0.05, 0) is 24.9 Å². The first kappa shape index (κ1) is 14.3. The Hall–Kier alpha value is -2.12. The third-order valence-electron chi connectivity index (χ3n) is 2.92. The minimum absolute atomic E-state index is 0.609. The molecule has 0 spiro atoms. The summed E-state index contributed by atoms with van der Waals surface area (Å²) in [6, 6.07) is 10.1. The minimum Gasteiger partial charge on any atom is -0.338 e. The normalized spacial score (nSPS) is 10.3. The molecule has 2 rings (SSSR count). The zero-order chi connectivity index (χ0) is 14.0. The van der Waals surface area contributed by atoms with Crippen LogP contribution in [0, 0.1) is 12.3 Å².